The molecule has 9 heteroatoms. The summed E-state index contributed by atoms with van der Waals surface area (Å²) in [5.41, 5.74) is 2.34. The van der Waals surface area contributed by atoms with E-state index < -0.39 is 23.7 Å². The number of likely N-dealkylation sites (N-methyl/N-ethyl adjacent to an activating group) is 1. The van der Waals surface area contributed by atoms with Crippen molar-refractivity contribution in [1.29, 1.82) is 0 Å². The van der Waals surface area contributed by atoms with Crippen molar-refractivity contribution >= 4 is 17.7 Å². The number of hydrogen-bond acceptors (Lipinski definition) is 3. The van der Waals surface area contributed by atoms with Crippen molar-refractivity contribution in [3.8, 4) is 11.1 Å². The van der Waals surface area contributed by atoms with Crippen molar-refractivity contribution in [2.75, 3.05) is 20.1 Å². The average molecular weight is 614 g/mol. The Balaban J connectivity index is 1.24. The van der Waals surface area contributed by atoms with E-state index in [2.05, 4.69) is 5.32 Å². The zero-order valence-electron chi connectivity index (χ0n) is 24.8. The SMILES string of the molecule is CN(Cc1ccccc1)C(=O)[C@@H](NC(=O)C1CCN(C(=O)c2ccccc2-c2ccc(C(F)(F)F)cc2)CC1)c1ccccc1. The highest BCUT2D eigenvalue weighted by molar-refractivity contribution is 6.01. The second-order valence-electron chi connectivity index (χ2n) is 11.2. The molecule has 4 aromatic rings. The first-order valence-electron chi connectivity index (χ1n) is 14.8. The molecule has 0 radical (unpaired) electrons. The Morgan fingerprint density at radius 2 is 1.40 bits per heavy atom. The van der Waals surface area contributed by atoms with Crippen LogP contribution >= 0.6 is 0 Å². The summed E-state index contributed by atoms with van der Waals surface area (Å²) in [5, 5.41) is 2.98. The highest BCUT2D eigenvalue weighted by Gasteiger charge is 2.33. The topological polar surface area (TPSA) is 69.7 Å². The summed E-state index contributed by atoms with van der Waals surface area (Å²) in [6, 6.07) is 29.5. The molecule has 1 fully saturated rings. The number of carbonyl (C=O) groups is 3. The van der Waals surface area contributed by atoms with Gasteiger partial charge in [-0.25, -0.2) is 0 Å². The Morgan fingerprint density at radius 1 is 0.822 bits per heavy atom. The molecule has 0 aliphatic carbocycles. The third-order valence-corrected chi connectivity index (χ3v) is 8.14. The molecule has 5 rings (SSSR count). The maximum absolute atomic E-state index is 13.6. The summed E-state index contributed by atoms with van der Waals surface area (Å²) >= 11 is 0. The van der Waals surface area contributed by atoms with Crippen LogP contribution in [0.15, 0.2) is 109 Å². The summed E-state index contributed by atoms with van der Waals surface area (Å²) < 4.78 is 39.2. The maximum Gasteiger partial charge on any atom is 0.416 e. The van der Waals surface area contributed by atoms with Crippen LogP contribution in [0.4, 0.5) is 13.2 Å². The molecule has 1 atom stereocenters. The van der Waals surface area contributed by atoms with Crippen LogP contribution in [0.5, 0.6) is 0 Å². The average Bonchev–Trinajstić information content (AvgIpc) is 3.07. The lowest BCUT2D eigenvalue weighted by molar-refractivity contribution is -0.137. The van der Waals surface area contributed by atoms with Gasteiger partial charge in [-0.2, -0.15) is 13.2 Å². The Kier molecular flexibility index (Phi) is 9.66. The van der Waals surface area contributed by atoms with Crippen LogP contribution in [0.25, 0.3) is 11.1 Å². The molecule has 1 heterocycles. The smallest absolute Gasteiger partial charge is 0.340 e. The van der Waals surface area contributed by atoms with Crippen molar-refractivity contribution < 1.29 is 27.6 Å². The summed E-state index contributed by atoms with van der Waals surface area (Å²) in [6.07, 6.45) is -3.62. The molecule has 1 saturated heterocycles. The molecule has 0 bridgehead atoms. The van der Waals surface area contributed by atoms with Crippen molar-refractivity contribution in [3.63, 3.8) is 0 Å². The fourth-order valence-electron chi connectivity index (χ4n) is 5.62. The molecule has 6 nitrogen and oxygen atoms in total. The molecule has 0 saturated carbocycles. The van der Waals surface area contributed by atoms with Gasteiger partial charge in [0.25, 0.3) is 5.91 Å². The molecule has 1 aliphatic heterocycles. The first-order valence-corrected chi connectivity index (χ1v) is 14.8. The van der Waals surface area contributed by atoms with Gasteiger partial charge in [-0.15, -0.1) is 0 Å². The first-order chi connectivity index (χ1) is 21.6. The molecular formula is C36H34F3N3O3. The van der Waals surface area contributed by atoms with Gasteiger partial charge in [-0.3, -0.25) is 14.4 Å². The number of amides is 3. The number of nitrogens with zero attached hydrogens (tertiary/aromatic N) is 2. The molecule has 3 amide bonds. The van der Waals surface area contributed by atoms with E-state index in [0.29, 0.717) is 54.7 Å². The number of likely N-dealkylation sites (tertiary alicyclic amines) is 1. The van der Waals surface area contributed by atoms with E-state index >= 15 is 0 Å². The number of carbonyl (C=O) groups excluding carboxylic acids is 3. The van der Waals surface area contributed by atoms with Gasteiger partial charge in [0.05, 0.1) is 5.56 Å². The lowest BCUT2D eigenvalue weighted by atomic mass is 9.93. The molecule has 1 N–H and O–H groups in total. The predicted molar refractivity (Wildman–Crippen MR) is 166 cm³/mol. The molecule has 45 heavy (non-hydrogen) atoms. The Hall–Kier alpha value is -4.92. The quantitative estimate of drug-likeness (QED) is 0.239. The normalized spacial score (nSPS) is 14.4. The summed E-state index contributed by atoms with van der Waals surface area (Å²) in [7, 11) is 1.71. The van der Waals surface area contributed by atoms with Gasteiger partial charge >= 0.3 is 6.18 Å². The van der Waals surface area contributed by atoms with E-state index in [1.54, 1.807) is 41.1 Å². The maximum atomic E-state index is 13.6. The lowest BCUT2D eigenvalue weighted by Crippen LogP contribution is -2.46. The number of benzene rings is 4. The van der Waals surface area contributed by atoms with Gasteiger partial charge in [0, 0.05) is 38.2 Å². The van der Waals surface area contributed by atoms with Gasteiger partial charge in [-0.05, 0) is 53.3 Å². The van der Waals surface area contributed by atoms with Crippen molar-refractivity contribution in [3.05, 3.63) is 131 Å². The third-order valence-electron chi connectivity index (χ3n) is 8.14. The van der Waals surface area contributed by atoms with E-state index in [-0.39, 0.29) is 17.7 Å². The Morgan fingerprint density at radius 3 is 2.02 bits per heavy atom. The van der Waals surface area contributed by atoms with Gasteiger partial charge in [0.1, 0.15) is 6.04 Å². The zero-order chi connectivity index (χ0) is 32.0. The Labute approximate surface area is 260 Å². The second kappa shape index (κ2) is 13.8. The molecule has 0 spiro atoms. The number of halogens is 3. The van der Waals surface area contributed by atoms with E-state index in [1.807, 2.05) is 60.7 Å². The minimum Gasteiger partial charge on any atom is -0.340 e. The predicted octanol–water partition coefficient (Wildman–Crippen LogP) is 6.74. The van der Waals surface area contributed by atoms with E-state index in [1.165, 1.54) is 12.1 Å². The molecule has 1 aliphatic rings. The zero-order valence-corrected chi connectivity index (χ0v) is 24.8. The highest BCUT2D eigenvalue weighted by atomic mass is 19.4. The largest absolute Gasteiger partial charge is 0.416 e. The molecular weight excluding hydrogens is 579 g/mol. The fraction of sp³-hybridized carbons (Fsp3) is 0.250. The molecule has 232 valence electrons. The number of rotatable bonds is 8. The van der Waals surface area contributed by atoms with Crippen LogP contribution in [0, 0.1) is 5.92 Å². The van der Waals surface area contributed by atoms with Crippen LogP contribution < -0.4 is 5.32 Å². The lowest BCUT2D eigenvalue weighted by Gasteiger charge is -2.33. The van der Waals surface area contributed by atoms with Gasteiger partial charge < -0.3 is 15.1 Å². The van der Waals surface area contributed by atoms with Gasteiger partial charge in [-0.1, -0.05) is 91.0 Å². The molecule has 0 unspecified atom stereocenters. The van der Waals surface area contributed by atoms with Gasteiger partial charge in [0.2, 0.25) is 11.8 Å². The van der Waals surface area contributed by atoms with Crippen LogP contribution in [0.3, 0.4) is 0 Å². The van der Waals surface area contributed by atoms with Crippen LogP contribution in [-0.4, -0.2) is 47.7 Å². The van der Waals surface area contributed by atoms with Gasteiger partial charge in [0.15, 0.2) is 0 Å². The standard InChI is InChI=1S/C36H34F3N3O3/c1-41(24-25-10-4-2-5-11-25)35(45)32(27-12-6-3-7-13-27)40-33(43)28-20-22-42(23-21-28)34(44)31-15-9-8-14-30(31)26-16-18-29(19-17-26)36(37,38)39/h2-19,28,32H,20-24H2,1H3,(H,40,43)/t32-/m0/s1. The monoisotopic (exact) mass is 613 g/mol. The fourth-order valence-corrected chi connectivity index (χ4v) is 5.62. The van der Waals surface area contributed by atoms with E-state index in [4.69, 9.17) is 0 Å². The number of nitrogens with one attached hydrogen (secondary N) is 1. The second-order valence-corrected chi connectivity index (χ2v) is 11.2. The minimum absolute atomic E-state index is 0.231. The van der Waals surface area contributed by atoms with E-state index in [0.717, 1.165) is 17.7 Å². The summed E-state index contributed by atoms with van der Waals surface area (Å²) in [6.45, 7) is 1.06. The molecule has 0 aromatic heterocycles. The minimum atomic E-state index is -4.45. The summed E-state index contributed by atoms with van der Waals surface area (Å²) in [5.74, 6) is -1.12. The number of alkyl halides is 3. The third kappa shape index (κ3) is 7.60. The van der Waals surface area contributed by atoms with Crippen molar-refractivity contribution in [2.24, 2.45) is 5.92 Å². The van der Waals surface area contributed by atoms with Crippen LogP contribution in [0.2, 0.25) is 0 Å². The molecule has 4 aromatic carbocycles. The number of hydrogen-bond donors (Lipinski definition) is 1. The Bertz CT molecular complexity index is 1620. The summed E-state index contributed by atoms with van der Waals surface area (Å²) in [4.78, 5) is 43.9. The van der Waals surface area contributed by atoms with Crippen LogP contribution in [0.1, 0.15) is 45.9 Å². The number of piperidine rings is 1. The van der Waals surface area contributed by atoms with Crippen LogP contribution in [-0.2, 0) is 22.3 Å². The van der Waals surface area contributed by atoms with E-state index in [9.17, 15) is 27.6 Å². The van der Waals surface area contributed by atoms with Crippen molar-refractivity contribution in [2.45, 2.75) is 31.6 Å². The highest BCUT2D eigenvalue weighted by Crippen LogP contribution is 2.32. The first kappa shape index (κ1) is 31.5. The van der Waals surface area contributed by atoms with Crippen molar-refractivity contribution in [1.82, 2.24) is 15.1 Å².